The van der Waals surface area contributed by atoms with Gasteiger partial charge in [0.05, 0.1) is 13.2 Å². The van der Waals surface area contributed by atoms with E-state index in [1.165, 1.54) is 11.1 Å². The third-order valence-corrected chi connectivity index (χ3v) is 4.43. The molecule has 24 heavy (non-hydrogen) atoms. The molecule has 2 aromatic rings. The van der Waals surface area contributed by atoms with Crippen molar-refractivity contribution in [3.63, 3.8) is 0 Å². The Morgan fingerprint density at radius 3 is 2.04 bits per heavy atom. The molecular weight excluding hydrogens is 298 g/mol. The number of ether oxygens (including phenoxy) is 1. The van der Waals surface area contributed by atoms with Gasteiger partial charge in [0.15, 0.2) is 5.96 Å². The van der Waals surface area contributed by atoms with Crippen molar-refractivity contribution in [3.05, 3.63) is 71.8 Å². The van der Waals surface area contributed by atoms with E-state index in [2.05, 4.69) is 70.6 Å². The van der Waals surface area contributed by atoms with Crippen molar-refractivity contribution in [1.82, 2.24) is 4.90 Å². The minimum atomic E-state index is 0.341. The molecular formula is C20H25N3O. The molecule has 0 saturated carbocycles. The summed E-state index contributed by atoms with van der Waals surface area (Å²) in [5.74, 6) is 0.979. The fourth-order valence-electron chi connectivity index (χ4n) is 3.10. The molecule has 1 heterocycles. The summed E-state index contributed by atoms with van der Waals surface area (Å²) in [4.78, 5) is 6.70. The summed E-state index contributed by atoms with van der Waals surface area (Å²) < 4.78 is 5.36. The second-order valence-corrected chi connectivity index (χ2v) is 6.00. The van der Waals surface area contributed by atoms with Crippen LogP contribution >= 0.6 is 0 Å². The number of benzene rings is 2. The number of rotatable bonds is 5. The van der Waals surface area contributed by atoms with Crippen LogP contribution in [0.1, 0.15) is 23.5 Å². The molecule has 2 aromatic carbocycles. The smallest absolute Gasteiger partial charge is 0.191 e. The van der Waals surface area contributed by atoms with E-state index < -0.39 is 0 Å². The maximum Gasteiger partial charge on any atom is 0.191 e. The summed E-state index contributed by atoms with van der Waals surface area (Å²) in [5, 5.41) is 0. The molecule has 1 aliphatic rings. The Balaban J connectivity index is 1.68. The number of morpholine rings is 1. The van der Waals surface area contributed by atoms with Gasteiger partial charge in [0, 0.05) is 25.6 Å². The van der Waals surface area contributed by atoms with Crippen molar-refractivity contribution in [2.24, 2.45) is 10.7 Å². The van der Waals surface area contributed by atoms with Gasteiger partial charge < -0.3 is 15.4 Å². The van der Waals surface area contributed by atoms with E-state index in [0.717, 1.165) is 39.3 Å². The zero-order chi connectivity index (χ0) is 16.6. The van der Waals surface area contributed by atoms with Gasteiger partial charge in [-0.15, -0.1) is 0 Å². The Morgan fingerprint density at radius 2 is 1.50 bits per heavy atom. The van der Waals surface area contributed by atoms with Crippen LogP contribution in [-0.2, 0) is 4.74 Å². The van der Waals surface area contributed by atoms with Gasteiger partial charge in [-0.3, -0.25) is 4.99 Å². The largest absolute Gasteiger partial charge is 0.378 e. The summed E-state index contributed by atoms with van der Waals surface area (Å²) >= 11 is 0. The van der Waals surface area contributed by atoms with E-state index in [1.807, 2.05) is 0 Å². The molecule has 1 aliphatic heterocycles. The second-order valence-electron chi connectivity index (χ2n) is 6.00. The summed E-state index contributed by atoms with van der Waals surface area (Å²) in [7, 11) is 0. The van der Waals surface area contributed by atoms with Gasteiger partial charge in [-0.1, -0.05) is 60.7 Å². The lowest BCUT2D eigenvalue weighted by molar-refractivity contribution is 0.0674. The van der Waals surface area contributed by atoms with Crippen molar-refractivity contribution in [3.8, 4) is 0 Å². The molecule has 0 radical (unpaired) electrons. The molecule has 4 nitrogen and oxygen atoms in total. The van der Waals surface area contributed by atoms with Crippen LogP contribution in [-0.4, -0.2) is 43.7 Å². The van der Waals surface area contributed by atoms with Gasteiger partial charge in [-0.05, 0) is 17.5 Å². The van der Waals surface area contributed by atoms with Gasteiger partial charge in [-0.25, -0.2) is 0 Å². The highest BCUT2D eigenvalue weighted by molar-refractivity contribution is 5.78. The van der Waals surface area contributed by atoms with Crippen LogP contribution in [0.5, 0.6) is 0 Å². The van der Waals surface area contributed by atoms with Gasteiger partial charge in [0.25, 0.3) is 0 Å². The van der Waals surface area contributed by atoms with Crippen LogP contribution in [0.3, 0.4) is 0 Å². The third kappa shape index (κ3) is 4.36. The molecule has 0 aliphatic carbocycles. The molecule has 0 atom stereocenters. The quantitative estimate of drug-likeness (QED) is 0.680. The molecule has 126 valence electrons. The summed E-state index contributed by atoms with van der Waals surface area (Å²) in [5.41, 5.74) is 8.78. The number of nitrogens with zero attached hydrogens (tertiary/aromatic N) is 2. The minimum Gasteiger partial charge on any atom is -0.378 e. The maximum atomic E-state index is 6.13. The molecule has 1 saturated heterocycles. The fourth-order valence-corrected chi connectivity index (χ4v) is 3.10. The summed E-state index contributed by atoms with van der Waals surface area (Å²) in [6.45, 7) is 3.84. The lowest BCUT2D eigenvalue weighted by atomic mass is 9.89. The van der Waals surface area contributed by atoms with Crippen molar-refractivity contribution < 1.29 is 4.74 Å². The van der Waals surface area contributed by atoms with Crippen molar-refractivity contribution in [1.29, 1.82) is 0 Å². The van der Waals surface area contributed by atoms with E-state index in [1.54, 1.807) is 0 Å². The normalized spacial score (nSPS) is 15.7. The highest BCUT2D eigenvalue weighted by Crippen LogP contribution is 2.27. The van der Waals surface area contributed by atoms with Crippen LogP contribution in [0.15, 0.2) is 65.7 Å². The maximum absolute atomic E-state index is 6.13. The molecule has 1 fully saturated rings. The van der Waals surface area contributed by atoms with E-state index in [-0.39, 0.29) is 0 Å². The SMILES string of the molecule is NC(=NCCC(c1ccccc1)c1ccccc1)N1CCOCC1. The van der Waals surface area contributed by atoms with Crippen molar-refractivity contribution >= 4 is 5.96 Å². The zero-order valence-electron chi connectivity index (χ0n) is 14.0. The number of hydrogen-bond donors (Lipinski definition) is 1. The van der Waals surface area contributed by atoms with Gasteiger partial charge >= 0.3 is 0 Å². The van der Waals surface area contributed by atoms with Crippen LogP contribution in [0.4, 0.5) is 0 Å². The minimum absolute atomic E-state index is 0.341. The highest BCUT2D eigenvalue weighted by atomic mass is 16.5. The Kier molecular flexibility index (Phi) is 5.85. The molecule has 0 spiro atoms. The van der Waals surface area contributed by atoms with Crippen LogP contribution in [0.25, 0.3) is 0 Å². The Bertz CT molecular complexity index is 597. The molecule has 0 amide bonds. The predicted octanol–water partition coefficient (Wildman–Crippen LogP) is 2.86. The molecule has 2 N–H and O–H groups in total. The summed E-state index contributed by atoms with van der Waals surface area (Å²) in [6.07, 6.45) is 0.944. The first-order chi connectivity index (χ1) is 11.8. The Morgan fingerprint density at radius 1 is 0.958 bits per heavy atom. The van der Waals surface area contributed by atoms with E-state index in [9.17, 15) is 0 Å². The van der Waals surface area contributed by atoms with E-state index in [4.69, 9.17) is 10.5 Å². The zero-order valence-corrected chi connectivity index (χ0v) is 14.0. The highest BCUT2D eigenvalue weighted by Gasteiger charge is 2.15. The average molecular weight is 323 g/mol. The van der Waals surface area contributed by atoms with E-state index in [0.29, 0.717) is 11.9 Å². The van der Waals surface area contributed by atoms with Crippen molar-refractivity contribution in [2.45, 2.75) is 12.3 Å². The standard InChI is InChI=1S/C20H25N3O/c21-20(23-13-15-24-16-14-23)22-12-11-19(17-7-3-1-4-8-17)18-9-5-2-6-10-18/h1-10,19H,11-16H2,(H2,21,22). The third-order valence-electron chi connectivity index (χ3n) is 4.43. The monoisotopic (exact) mass is 323 g/mol. The number of guanidine groups is 1. The van der Waals surface area contributed by atoms with Gasteiger partial charge in [0.1, 0.15) is 0 Å². The molecule has 0 unspecified atom stereocenters. The molecule has 0 bridgehead atoms. The number of nitrogens with two attached hydrogens (primary N) is 1. The van der Waals surface area contributed by atoms with Crippen LogP contribution < -0.4 is 5.73 Å². The van der Waals surface area contributed by atoms with Gasteiger partial charge in [0.2, 0.25) is 0 Å². The Hall–Kier alpha value is -2.33. The average Bonchev–Trinajstić information content (AvgIpc) is 2.67. The first-order valence-corrected chi connectivity index (χ1v) is 8.57. The summed E-state index contributed by atoms with van der Waals surface area (Å²) in [6, 6.07) is 21.2. The first-order valence-electron chi connectivity index (χ1n) is 8.57. The van der Waals surface area contributed by atoms with E-state index >= 15 is 0 Å². The fraction of sp³-hybridized carbons (Fsp3) is 0.350. The molecule has 4 heteroatoms. The Labute approximate surface area is 144 Å². The first kappa shape index (κ1) is 16.5. The lowest BCUT2D eigenvalue weighted by Gasteiger charge is -2.27. The van der Waals surface area contributed by atoms with Crippen LogP contribution in [0, 0.1) is 0 Å². The number of hydrogen-bond acceptors (Lipinski definition) is 2. The van der Waals surface area contributed by atoms with Gasteiger partial charge in [-0.2, -0.15) is 0 Å². The number of aliphatic imine (C=N–C) groups is 1. The topological polar surface area (TPSA) is 50.8 Å². The molecule has 0 aromatic heterocycles. The molecule has 3 rings (SSSR count). The second kappa shape index (κ2) is 8.50. The van der Waals surface area contributed by atoms with Crippen molar-refractivity contribution in [2.75, 3.05) is 32.8 Å². The lowest BCUT2D eigenvalue weighted by Crippen LogP contribution is -2.44. The van der Waals surface area contributed by atoms with Crippen LogP contribution in [0.2, 0.25) is 0 Å². The predicted molar refractivity (Wildman–Crippen MR) is 98.2 cm³/mol.